The van der Waals surface area contributed by atoms with E-state index in [1.807, 2.05) is 6.92 Å². The Bertz CT molecular complexity index is 447. The fourth-order valence-corrected chi connectivity index (χ4v) is 2.11. The normalized spacial score (nSPS) is 19.8. The second kappa shape index (κ2) is 5.27. The third-order valence-corrected chi connectivity index (χ3v) is 3.17. The van der Waals surface area contributed by atoms with E-state index in [-0.39, 0.29) is 29.0 Å². The summed E-state index contributed by atoms with van der Waals surface area (Å²) in [6.07, 6.45) is 0.797. The van der Waals surface area contributed by atoms with Gasteiger partial charge in [0.25, 0.3) is 5.91 Å². The molecule has 0 saturated carbocycles. The van der Waals surface area contributed by atoms with Crippen LogP contribution in [-0.4, -0.2) is 46.8 Å². The summed E-state index contributed by atoms with van der Waals surface area (Å²) in [4.78, 5) is 14.0. The molecule has 5 nitrogen and oxygen atoms in total. The minimum atomic E-state index is -0.265. The number of hydrogen-bond donors (Lipinski definition) is 2. The number of benzene rings is 1. The van der Waals surface area contributed by atoms with Crippen LogP contribution in [0, 0.1) is 0 Å². The number of phenols is 2. The standard InChI is InChI=1S/C13H17NO4/c1-2-9-8-18-6-5-14(9)13(17)11-7-10(15)3-4-12(11)16/h3-4,7,9,15-16H,2,5-6,8H2,1H3. The molecule has 1 aromatic carbocycles. The first-order valence-electron chi connectivity index (χ1n) is 6.04. The predicted molar refractivity (Wildman–Crippen MR) is 65.7 cm³/mol. The van der Waals surface area contributed by atoms with E-state index in [1.54, 1.807) is 4.90 Å². The molecule has 2 N–H and O–H groups in total. The first kappa shape index (κ1) is 12.7. The lowest BCUT2D eigenvalue weighted by molar-refractivity contribution is -0.00295. The zero-order valence-corrected chi connectivity index (χ0v) is 10.3. The summed E-state index contributed by atoms with van der Waals surface area (Å²) in [7, 11) is 0. The Balaban J connectivity index is 2.26. The maximum atomic E-state index is 12.3. The number of ether oxygens (including phenoxy) is 1. The molecular weight excluding hydrogens is 234 g/mol. The van der Waals surface area contributed by atoms with Gasteiger partial charge in [-0.1, -0.05) is 6.92 Å². The fourth-order valence-electron chi connectivity index (χ4n) is 2.11. The lowest BCUT2D eigenvalue weighted by Crippen LogP contribution is -2.48. The molecule has 1 atom stereocenters. The monoisotopic (exact) mass is 251 g/mol. The van der Waals surface area contributed by atoms with Gasteiger partial charge in [-0.2, -0.15) is 0 Å². The summed E-state index contributed by atoms with van der Waals surface area (Å²) in [6, 6.07) is 3.99. The van der Waals surface area contributed by atoms with Gasteiger partial charge in [-0.25, -0.2) is 0 Å². The number of phenolic OH excluding ortho intramolecular Hbond substituents is 2. The maximum Gasteiger partial charge on any atom is 0.258 e. The fraction of sp³-hybridized carbons (Fsp3) is 0.462. The molecule has 1 heterocycles. The van der Waals surface area contributed by atoms with Crippen molar-refractivity contribution in [2.75, 3.05) is 19.8 Å². The largest absolute Gasteiger partial charge is 0.508 e. The Kier molecular flexibility index (Phi) is 3.72. The van der Waals surface area contributed by atoms with E-state index in [1.165, 1.54) is 18.2 Å². The van der Waals surface area contributed by atoms with Gasteiger partial charge in [-0.05, 0) is 24.6 Å². The van der Waals surface area contributed by atoms with E-state index < -0.39 is 0 Å². The van der Waals surface area contributed by atoms with Crippen molar-refractivity contribution < 1.29 is 19.7 Å². The first-order chi connectivity index (χ1) is 8.63. The summed E-state index contributed by atoms with van der Waals surface area (Å²) in [5, 5.41) is 19.1. The van der Waals surface area contributed by atoms with Crippen LogP contribution in [0.15, 0.2) is 18.2 Å². The van der Waals surface area contributed by atoms with Crippen LogP contribution in [0.4, 0.5) is 0 Å². The first-order valence-corrected chi connectivity index (χ1v) is 6.04. The summed E-state index contributed by atoms with van der Waals surface area (Å²) in [6.45, 7) is 3.51. The molecule has 18 heavy (non-hydrogen) atoms. The number of nitrogens with zero attached hydrogens (tertiary/aromatic N) is 1. The zero-order chi connectivity index (χ0) is 13.1. The van der Waals surface area contributed by atoms with Crippen LogP contribution >= 0.6 is 0 Å². The molecule has 2 rings (SSSR count). The molecule has 0 radical (unpaired) electrons. The third-order valence-electron chi connectivity index (χ3n) is 3.17. The number of amides is 1. The van der Waals surface area contributed by atoms with Gasteiger partial charge < -0.3 is 19.8 Å². The van der Waals surface area contributed by atoms with Gasteiger partial charge in [-0.3, -0.25) is 4.79 Å². The van der Waals surface area contributed by atoms with Crippen molar-refractivity contribution in [1.29, 1.82) is 0 Å². The van der Waals surface area contributed by atoms with Crippen LogP contribution in [-0.2, 0) is 4.74 Å². The van der Waals surface area contributed by atoms with Gasteiger partial charge in [0.15, 0.2) is 0 Å². The molecule has 1 aromatic rings. The third kappa shape index (κ3) is 2.41. The lowest BCUT2D eigenvalue weighted by atomic mass is 10.1. The molecule has 1 unspecified atom stereocenters. The zero-order valence-electron chi connectivity index (χ0n) is 10.3. The molecule has 0 aliphatic carbocycles. The molecule has 0 bridgehead atoms. The SMILES string of the molecule is CCC1COCCN1C(=O)c1cc(O)ccc1O. The van der Waals surface area contributed by atoms with Crippen LogP contribution in [0.25, 0.3) is 0 Å². The summed E-state index contributed by atoms with van der Waals surface area (Å²) >= 11 is 0. The van der Waals surface area contributed by atoms with Crippen molar-refractivity contribution in [3.63, 3.8) is 0 Å². The van der Waals surface area contributed by atoms with Crippen molar-refractivity contribution >= 4 is 5.91 Å². The number of aromatic hydroxyl groups is 2. The second-order valence-electron chi connectivity index (χ2n) is 4.34. The van der Waals surface area contributed by atoms with Crippen molar-refractivity contribution in [2.24, 2.45) is 0 Å². The second-order valence-corrected chi connectivity index (χ2v) is 4.34. The Morgan fingerprint density at radius 3 is 3.00 bits per heavy atom. The highest BCUT2D eigenvalue weighted by Gasteiger charge is 2.28. The van der Waals surface area contributed by atoms with E-state index in [0.717, 1.165) is 6.42 Å². The Hall–Kier alpha value is -1.75. The van der Waals surface area contributed by atoms with Crippen molar-refractivity contribution in [1.82, 2.24) is 4.90 Å². The average molecular weight is 251 g/mol. The van der Waals surface area contributed by atoms with Crippen LogP contribution < -0.4 is 0 Å². The Morgan fingerprint density at radius 2 is 2.28 bits per heavy atom. The highest BCUT2D eigenvalue weighted by molar-refractivity contribution is 5.97. The highest BCUT2D eigenvalue weighted by atomic mass is 16.5. The van der Waals surface area contributed by atoms with Crippen LogP contribution in [0.3, 0.4) is 0 Å². The maximum absolute atomic E-state index is 12.3. The topological polar surface area (TPSA) is 70.0 Å². The Labute approximate surface area is 106 Å². The molecule has 1 aliphatic rings. The number of carbonyl (C=O) groups is 1. The van der Waals surface area contributed by atoms with Gasteiger partial charge in [0.05, 0.1) is 24.8 Å². The minimum Gasteiger partial charge on any atom is -0.508 e. The average Bonchev–Trinajstić information content (AvgIpc) is 2.40. The summed E-state index contributed by atoms with van der Waals surface area (Å²) in [5.74, 6) is -0.407. The summed E-state index contributed by atoms with van der Waals surface area (Å²) in [5.41, 5.74) is 0.135. The molecule has 0 aromatic heterocycles. The van der Waals surface area contributed by atoms with E-state index in [0.29, 0.717) is 19.8 Å². The van der Waals surface area contributed by atoms with Gasteiger partial charge in [-0.15, -0.1) is 0 Å². The molecule has 98 valence electrons. The van der Waals surface area contributed by atoms with Crippen LogP contribution in [0.5, 0.6) is 11.5 Å². The van der Waals surface area contributed by atoms with Crippen molar-refractivity contribution in [3.05, 3.63) is 23.8 Å². The predicted octanol–water partition coefficient (Wildman–Crippen LogP) is 1.35. The molecule has 1 fully saturated rings. The smallest absolute Gasteiger partial charge is 0.258 e. The molecule has 1 aliphatic heterocycles. The number of rotatable bonds is 2. The number of morpholine rings is 1. The molecule has 1 amide bonds. The van der Waals surface area contributed by atoms with E-state index in [2.05, 4.69) is 0 Å². The number of hydrogen-bond acceptors (Lipinski definition) is 4. The Morgan fingerprint density at radius 1 is 1.50 bits per heavy atom. The molecule has 1 saturated heterocycles. The van der Waals surface area contributed by atoms with Crippen LogP contribution in [0.2, 0.25) is 0 Å². The van der Waals surface area contributed by atoms with Gasteiger partial charge in [0.1, 0.15) is 11.5 Å². The summed E-state index contributed by atoms with van der Waals surface area (Å²) < 4.78 is 5.34. The van der Waals surface area contributed by atoms with Gasteiger partial charge in [0.2, 0.25) is 0 Å². The van der Waals surface area contributed by atoms with Gasteiger partial charge >= 0.3 is 0 Å². The quantitative estimate of drug-likeness (QED) is 0.778. The lowest BCUT2D eigenvalue weighted by Gasteiger charge is -2.35. The minimum absolute atomic E-state index is 0.0213. The van der Waals surface area contributed by atoms with E-state index in [9.17, 15) is 15.0 Å². The van der Waals surface area contributed by atoms with Crippen molar-refractivity contribution in [2.45, 2.75) is 19.4 Å². The molecular formula is C13H17NO4. The van der Waals surface area contributed by atoms with E-state index in [4.69, 9.17) is 4.74 Å². The van der Waals surface area contributed by atoms with Crippen LogP contribution in [0.1, 0.15) is 23.7 Å². The highest BCUT2D eigenvalue weighted by Crippen LogP contribution is 2.25. The van der Waals surface area contributed by atoms with E-state index >= 15 is 0 Å². The number of carbonyl (C=O) groups excluding carboxylic acids is 1. The van der Waals surface area contributed by atoms with Gasteiger partial charge in [0, 0.05) is 6.54 Å². The van der Waals surface area contributed by atoms with Crippen molar-refractivity contribution in [3.8, 4) is 11.5 Å². The molecule has 5 heteroatoms. The molecule has 0 spiro atoms.